The van der Waals surface area contributed by atoms with Gasteiger partial charge in [-0.3, -0.25) is 9.79 Å². The van der Waals surface area contributed by atoms with Crippen molar-refractivity contribution >= 4 is 17.6 Å². The number of hydrogen-bond donors (Lipinski definition) is 1. The van der Waals surface area contributed by atoms with Gasteiger partial charge in [-0.05, 0) is 23.8 Å². The van der Waals surface area contributed by atoms with Crippen LogP contribution in [0.3, 0.4) is 0 Å². The van der Waals surface area contributed by atoms with Crippen LogP contribution in [0.25, 0.3) is 6.08 Å². The Morgan fingerprint density at radius 3 is 3.29 bits per heavy atom. The summed E-state index contributed by atoms with van der Waals surface area (Å²) in [5.74, 6) is 0.490. The molecule has 68 valence electrons. The summed E-state index contributed by atoms with van der Waals surface area (Å²) in [4.78, 5) is 19.3. The van der Waals surface area contributed by atoms with Gasteiger partial charge in [0.05, 0.1) is 18.2 Å². The number of aromatic amines is 1. The Hall–Kier alpha value is -1.64. The quantitative estimate of drug-likeness (QED) is 0.640. The molecule has 0 radical (unpaired) electrons. The fraction of sp³-hybridized carbons (Fsp3) is 0.273. The lowest BCUT2D eigenvalue weighted by Crippen LogP contribution is -2.23. The van der Waals surface area contributed by atoms with Crippen molar-refractivity contribution in [2.45, 2.75) is 5.41 Å². The summed E-state index contributed by atoms with van der Waals surface area (Å²) in [7, 11) is 0. The summed E-state index contributed by atoms with van der Waals surface area (Å²) < 4.78 is 0. The summed E-state index contributed by atoms with van der Waals surface area (Å²) in [6.45, 7) is 0.684. The van der Waals surface area contributed by atoms with Crippen LogP contribution >= 0.6 is 0 Å². The van der Waals surface area contributed by atoms with Crippen molar-refractivity contribution in [2.24, 2.45) is 10.9 Å². The maximum absolute atomic E-state index is 11.8. The van der Waals surface area contributed by atoms with E-state index in [-0.39, 0.29) is 11.3 Å². The van der Waals surface area contributed by atoms with Gasteiger partial charge in [-0.15, -0.1) is 0 Å². The molecule has 1 spiro atoms. The summed E-state index contributed by atoms with van der Waals surface area (Å²) in [6.07, 6.45) is 5.88. The standard InChI is InChI=1S/C11H8N2O/c14-10-7-5-13-9-2-1-8-6(3-4-12-8)11(7,9)10/h1-4,7,12H,5H2. The fourth-order valence-corrected chi connectivity index (χ4v) is 2.87. The van der Waals surface area contributed by atoms with Crippen LogP contribution in [-0.4, -0.2) is 23.0 Å². The van der Waals surface area contributed by atoms with E-state index in [0.29, 0.717) is 12.3 Å². The first kappa shape index (κ1) is 6.76. The van der Waals surface area contributed by atoms with E-state index in [1.807, 2.05) is 24.4 Å². The minimum atomic E-state index is -0.329. The number of allylic oxidation sites excluding steroid dienone is 1. The molecular formula is C11H8N2O. The van der Waals surface area contributed by atoms with Gasteiger partial charge < -0.3 is 4.98 Å². The molecular weight excluding hydrogens is 176 g/mol. The third-order valence-electron chi connectivity index (χ3n) is 3.60. The van der Waals surface area contributed by atoms with Crippen LogP contribution in [0.1, 0.15) is 11.3 Å². The van der Waals surface area contributed by atoms with E-state index in [9.17, 15) is 4.79 Å². The molecule has 14 heavy (non-hydrogen) atoms. The minimum absolute atomic E-state index is 0.136. The lowest BCUT2D eigenvalue weighted by atomic mass is 9.85. The second-order valence-electron chi connectivity index (χ2n) is 4.09. The van der Waals surface area contributed by atoms with Crippen molar-refractivity contribution in [2.75, 3.05) is 6.54 Å². The Labute approximate surface area is 80.5 Å². The number of Topliss-reactive ketones (excluding diaryl/α,β-unsaturated/α-hetero) is 1. The molecule has 1 fully saturated rings. The Morgan fingerprint density at radius 1 is 1.50 bits per heavy atom. The van der Waals surface area contributed by atoms with Crippen LogP contribution in [-0.2, 0) is 10.2 Å². The molecule has 3 heteroatoms. The van der Waals surface area contributed by atoms with Crippen LogP contribution in [0.4, 0.5) is 0 Å². The predicted octanol–water partition coefficient (Wildman–Crippen LogP) is 0.933. The maximum atomic E-state index is 11.8. The molecule has 3 nitrogen and oxygen atoms in total. The highest BCUT2D eigenvalue weighted by Crippen LogP contribution is 2.57. The number of ketones is 1. The molecule has 0 saturated heterocycles. The van der Waals surface area contributed by atoms with Crippen molar-refractivity contribution in [1.82, 2.24) is 4.98 Å². The van der Waals surface area contributed by atoms with Crippen molar-refractivity contribution in [3.63, 3.8) is 0 Å². The predicted molar refractivity (Wildman–Crippen MR) is 52.3 cm³/mol. The first-order valence-corrected chi connectivity index (χ1v) is 4.80. The molecule has 1 aromatic rings. The number of nitrogens with zero attached hydrogens (tertiary/aromatic N) is 1. The Balaban J connectivity index is 2.10. The Kier molecular flexibility index (Phi) is 0.847. The van der Waals surface area contributed by atoms with Crippen molar-refractivity contribution in [3.8, 4) is 0 Å². The lowest BCUT2D eigenvalue weighted by molar-refractivity contribution is -0.112. The zero-order valence-electron chi connectivity index (χ0n) is 7.45. The van der Waals surface area contributed by atoms with Crippen LogP contribution in [0.5, 0.6) is 0 Å². The van der Waals surface area contributed by atoms with Gasteiger partial charge in [0.15, 0.2) is 5.78 Å². The zero-order valence-corrected chi connectivity index (χ0v) is 7.45. The number of aromatic nitrogens is 1. The zero-order chi connectivity index (χ0) is 9.34. The second-order valence-corrected chi connectivity index (χ2v) is 4.09. The molecule has 2 heterocycles. The summed E-state index contributed by atoms with van der Waals surface area (Å²) in [5, 5.41) is 0. The number of carbonyl (C=O) groups is 1. The van der Waals surface area contributed by atoms with Crippen molar-refractivity contribution in [3.05, 3.63) is 29.6 Å². The van der Waals surface area contributed by atoms with E-state index < -0.39 is 0 Å². The molecule has 1 N–H and O–H groups in total. The van der Waals surface area contributed by atoms with Gasteiger partial charge in [-0.1, -0.05) is 0 Å². The Bertz CT molecular complexity index is 523. The van der Waals surface area contributed by atoms with Gasteiger partial charge in [0.25, 0.3) is 0 Å². The molecule has 0 bridgehead atoms. The lowest BCUT2D eigenvalue weighted by Gasteiger charge is -2.15. The summed E-state index contributed by atoms with van der Waals surface area (Å²) in [6, 6.07) is 2.01. The minimum Gasteiger partial charge on any atom is -0.361 e. The van der Waals surface area contributed by atoms with Crippen LogP contribution in [0.15, 0.2) is 23.3 Å². The smallest absolute Gasteiger partial charge is 0.156 e. The highest BCUT2D eigenvalue weighted by molar-refractivity contribution is 6.35. The largest absolute Gasteiger partial charge is 0.361 e. The molecule has 0 aromatic carbocycles. The molecule has 2 aliphatic carbocycles. The molecule has 2 atom stereocenters. The van der Waals surface area contributed by atoms with E-state index in [1.54, 1.807) is 0 Å². The third-order valence-corrected chi connectivity index (χ3v) is 3.60. The average Bonchev–Trinajstić information content (AvgIpc) is 2.67. The number of fused-ring (bicyclic) bond motifs is 1. The molecule has 1 saturated carbocycles. The number of rotatable bonds is 0. The van der Waals surface area contributed by atoms with Crippen LogP contribution in [0, 0.1) is 5.92 Å². The molecule has 3 aliphatic rings. The van der Waals surface area contributed by atoms with Gasteiger partial charge in [0.1, 0.15) is 5.41 Å². The van der Waals surface area contributed by atoms with Crippen molar-refractivity contribution < 1.29 is 4.79 Å². The number of H-pyrrole nitrogens is 1. The summed E-state index contributed by atoms with van der Waals surface area (Å²) >= 11 is 0. The first-order valence-electron chi connectivity index (χ1n) is 4.80. The summed E-state index contributed by atoms with van der Waals surface area (Å²) in [5.41, 5.74) is 2.84. The van der Waals surface area contributed by atoms with E-state index in [2.05, 4.69) is 9.98 Å². The number of nitrogens with one attached hydrogen (secondary N) is 1. The van der Waals surface area contributed by atoms with Gasteiger partial charge in [0.2, 0.25) is 0 Å². The van der Waals surface area contributed by atoms with Crippen LogP contribution in [0.2, 0.25) is 0 Å². The third kappa shape index (κ3) is 0.461. The molecule has 0 amide bonds. The average molecular weight is 184 g/mol. The Morgan fingerprint density at radius 2 is 2.43 bits per heavy atom. The molecule has 2 unspecified atom stereocenters. The monoisotopic (exact) mass is 184 g/mol. The molecule has 1 aliphatic heterocycles. The normalized spacial score (nSPS) is 36.1. The van der Waals surface area contributed by atoms with Gasteiger partial charge in [0, 0.05) is 11.9 Å². The molecule has 1 aromatic heterocycles. The fourth-order valence-electron chi connectivity index (χ4n) is 2.87. The SMILES string of the molecule is O=C1C2CN=C3C=Cc4[nH]ccc4C132. The van der Waals surface area contributed by atoms with E-state index >= 15 is 0 Å². The van der Waals surface area contributed by atoms with Gasteiger partial charge in [-0.25, -0.2) is 0 Å². The highest BCUT2D eigenvalue weighted by Gasteiger charge is 2.72. The van der Waals surface area contributed by atoms with Gasteiger partial charge in [-0.2, -0.15) is 0 Å². The van der Waals surface area contributed by atoms with Gasteiger partial charge >= 0.3 is 0 Å². The van der Waals surface area contributed by atoms with E-state index in [0.717, 1.165) is 17.0 Å². The van der Waals surface area contributed by atoms with Crippen LogP contribution < -0.4 is 0 Å². The van der Waals surface area contributed by atoms with E-state index in [1.165, 1.54) is 0 Å². The maximum Gasteiger partial charge on any atom is 0.156 e. The number of aliphatic imine (C=N–C) groups is 1. The number of carbonyl (C=O) groups excluding carboxylic acids is 1. The number of hydrogen-bond acceptors (Lipinski definition) is 2. The highest BCUT2D eigenvalue weighted by atomic mass is 16.1. The first-order chi connectivity index (χ1) is 6.85. The van der Waals surface area contributed by atoms with Crippen molar-refractivity contribution in [1.29, 1.82) is 0 Å². The second kappa shape index (κ2) is 1.75. The molecule has 4 rings (SSSR count). The topological polar surface area (TPSA) is 45.2 Å². The van der Waals surface area contributed by atoms with E-state index in [4.69, 9.17) is 0 Å².